The van der Waals surface area contributed by atoms with E-state index in [1.54, 1.807) is 6.20 Å². The van der Waals surface area contributed by atoms with Crippen molar-refractivity contribution in [3.05, 3.63) is 40.5 Å². The van der Waals surface area contributed by atoms with Crippen LogP contribution in [-0.2, 0) is 16.1 Å². The number of fused-ring (bicyclic) bond motifs is 1. The van der Waals surface area contributed by atoms with Crippen molar-refractivity contribution in [2.24, 2.45) is 0 Å². The topological polar surface area (TPSA) is 39.2 Å². The quantitative estimate of drug-likeness (QED) is 0.794. The Morgan fingerprint density at radius 1 is 1.44 bits per heavy atom. The molecule has 3 nitrogen and oxygen atoms in total. The van der Waals surface area contributed by atoms with Crippen LogP contribution in [0.25, 0.3) is 10.9 Å². The van der Waals surface area contributed by atoms with Crippen molar-refractivity contribution in [3.63, 3.8) is 0 Å². The lowest BCUT2D eigenvalue weighted by Gasteiger charge is -2.07. The zero-order valence-electron chi connectivity index (χ0n) is 8.74. The molecule has 1 aromatic carbocycles. The highest BCUT2D eigenvalue weighted by Gasteiger charge is 2.06. The highest BCUT2D eigenvalue weighted by molar-refractivity contribution is 9.10. The molecule has 0 N–H and O–H groups in total. The van der Waals surface area contributed by atoms with Gasteiger partial charge in [0.15, 0.2) is 0 Å². The van der Waals surface area contributed by atoms with Crippen molar-refractivity contribution in [2.75, 3.05) is 0 Å². The first-order valence-corrected chi connectivity index (χ1v) is 5.63. The number of benzene rings is 1. The Bertz CT molecular complexity index is 540. The average molecular weight is 280 g/mol. The summed E-state index contributed by atoms with van der Waals surface area (Å²) in [6.45, 7) is 1.66. The Morgan fingerprint density at radius 2 is 2.25 bits per heavy atom. The highest BCUT2D eigenvalue weighted by Crippen LogP contribution is 2.25. The molecular weight excluding hydrogens is 270 g/mol. The molecule has 4 heteroatoms. The first-order chi connectivity index (χ1) is 7.68. The number of nitrogens with zero attached hydrogens (tertiary/aromatic N) is 1. The molecule has 1 heterocycles. The van der Waals surface area contributed by atoms with Crippen molar-refractivity contribution >= 4 is 32.8 Å². The normalized spacial score (nSPS) is 10.4. The molecule has 0 radical (unpaired) electrons. The van der Waals surface area contributed by atoms with Crippen LogP contribution in [0.1, 0.15) is 12.5 Å². The number of ether oxygens (including phenoxy) is 1. The summed E-state index contributed by atoms with van der Waals surface area (Å²) in [6, 6.07) is 7.69. The first-order valence-electron chi connectivity index (χ1n) is 4.84. The van der Waals surface area contributed by atoms with Gasteiger partial charge in [-0.25, -0.2) is 0 Å². The third-order valence-electron chi connectivity index (χ3n) is 2.23. The Balaban J connectivity index is 2.46. The lowest BCUT2D eigenvalue weighted by atomic mass is 10.1. The second-order valence-electron chi connectivity index (χ2n) is 3.39. The summed E-state index contributed by atoms with van der Waals surface area (Å²) in [5, 5.41) is 1.02. The second-order valence-corrected chi connectivity index (χ2v) is 4.24. The Morgan fingerprint density at radius 3 is 3.00 bits per heavy atom. The molecule has 0 aliphatic carbocycles. The summed E-state index contributed by atoms with van der Waals surface area (Å²) in [4.78, 5) is 15.1. The molecule has 0 atom stereocenters. The molecule has 1 aromatic heterocycles. The number of hydrogen-bond acceptors (Lipinski definition) is 3. The van der Waals surface area contributed by atoms with Gasteiger partial charge in [0.1, 0.15) is 6.61 Å². The number of hydrogen-bond donors (Lipinski definition) is 0. The van der Waals surface area contributed by atoms with Gasteiger partial charge < -0.3 is 4.74 Å². The maximum absolute atomic E-state index is 10.8. The van der Waals surface area contributed by atoms with Crippen LogP contribution < -0.4 is 0 Å². The van der Waals surface area contributed by atoms with Crippen LogP contribution in [0.5, 0.6) is 0 Å². The fourth-order valence-electron chi connectivity index (χ4n) is 1.49. The Labute approximate surface area is 102 Å². The van der Waals surface area contributed by atoms with Crippen LogP contribution >= 0.6 is 15.9 Å². The number of halogens is 1. The predicted octanol–water partition coefficient (Wildman–Crippen LogP) is 3.06. The number of aromatic nitrogens is 1. The van der Waals surface area contributed by atoms with E-state index in [1.165, 1.54) is 6.92 Å². The molecule has 0 aliphatic heterocycles. The highest BCUT2D eigenvalue weighted by atomic mass is 79.9. The molecule has 0 aliphatic rings. The molecule has 0 unspecified atom stereocenters. The summed E-state index contributed by atoms with van der Waals surface area (Å²) in [6.07, 6.45) is 1.73. The first kappa shape index (κ1) is 11.1. The fourth-order valence-corrected chi connectivity index (χ4v) is 1.94. The molecule has 0 bridgehead atoms. The van der Waals surface area contributed by atoms with Gasteiger partial charge in [-0.1, -0.05) is 28.1 Å². The molecule has 82 valence electrons. The molecular formula is C12H10BrNO2. The molecule has 0 saturated heterocycles. The van der Waals surface area contributed by atoms with E-state index in [9.17, 15) is 4.79 Å². The molecule has 2 aromatic rings. The summed E-state index contributed by atoms with van der Waals surface area (Å²) in [7, 11) is 0. The van der Waals surface area contributed by atoms with Crippen LogP contribution in [0.3, 0.4) is 0 Å². The molecule has 0 fully saturated rings. The SMILES string of the molecule is CC(=O)OCc1ccc(Br)c2cccnc12. The van der Waals surface area contributed by atoms with E-state index in [0.29, 0.717) is 0 Å². The number of rotatable bonds is 2. The molecule has 16 heavy (non-hydrogen) atoms. The lowest BCUT2D eigenvalue weighted by Crippen LogP contribution is -2.00. The number of pyridine rings is 1. The van der Waals surface area contributed by atoms with E-state index in [0.717, 1.165) is 20.9 Å². The van der Waals surface area contributed by atoms with Crippen LogP contribution in [0, 0.1) is 0 Å². The van der Waals surface area contributed by atoms with E-state index in [4.69, 9.17) is 4.74 Å². The monoisotopic (exact) mass is 279 g/mol. The van der Waals surface area contributed by atoms with Gasteiger partial charge in [0.05, 0.1) is 5.52 Å². The van der Waals surface area contributed by atoms with Crippen molar-refractivity contribution in [3.8, 4) is 0 Å². The maximum Gasteiger partial charge on any atom is 0.302 e. The van der Waals surface area contributed by atoms with Crippen molar-refractivity contribution in [1.82, 2.24) is 4.98 Å². The van der Waals surface area contributed by atoms with E-state index in [1.807, 2.05) is 24.3 Å². The number of carbonyl (C=O) groups excluding carboxylic acids is 1. The van der Waals surface area contributed by atoms with Gasteiger partial charge in [-0.15, -0.1) is 0 Å². The third-order valence-corrected chi connectivity index (χ3v) is 2.92. The van der Waals surface area contributed by atoms with Gasteiger partial charge in [-0.05, 0) is 12.1 Å². The Kier molecular flexibility index (Phi) is 3.19. The van der Waals surface area contributed by atoms with Gasteiger partial charge in [-0.2, -0.15) is 0 Å². The summed E-state index contributed by atoms with van der Waals surface area (Å²) >= 11 is 3.46. The van der Waals surface area contributed by atoms with Gasteiger partial charge >= 0.3 is 5.97 Å². The van der Waals surface area contributed by atoms with Crippen molar-refractivity contribution in [1.29, 1.82) is 0 Å². The third kappa shape index (κ3) is 2.22. The smallest absolute Gasteiger partial charge is 0.302 e. The van der Waals surface area contributed by atoms with Crippen molar-refractivity contribution in [2.45, 2.75) is 13.5 Å². The summed E-state index contributed by atoms with van der Waals surface area (Å²) < 4.78 is 5.97. The van der Waals surface area contributed by atoms with Gasteiger partial charge in [0.25, 0.3) is 0 Å². The van der Waals surface area contributed by atoms with E-state index in [2.05, 4.69) is 20.9 Å². The lowest BCUT2D eigenvalue weighted by molar-refractivity contribution is -0.142. The minimum atomic E-state index is -0.285. The fraction of sp³-hybridized carbons (Fsp3) is 0.167. The molecule has 0 spiro atoms. The summed E-state index contributed by atoms with van der Waals surface area (Å²) in [5.74, 6) is -0.285. The van der Waals surface area contributed by atoms with Crippen molar-refractivity contribution < 1.29 is 9.53 Å². The minimum absolute atomic E-state index is 0.260. The minimum Gasteiger partial charge on any atom is -0.461 e. The van der Waals surface area contributed by atoms with E-state index in [-0.39, 0.29) is 12.6 Å². The van der Waals surface area contributed by atoms with Crippen LogP contribution in [0.2, 0.25) is 0 Å². The number of esters is 1. The molecule has 0 saturated carbocycles. The van der Waals surface area contributed by atoms with Gasteiger partial charge in [0, 0.05) is 28.5 Å². The molecule has 0 amide bonds. The molecule has 2 rings (SSSR count). The van der Waals surface area contributed by atoms with E-state index < -0.39 is 0 Å². The van der Waals surface area contributed by atoms with Crippen LogP contribution in [-0.4, -0.2) is 11.0 Å². The Hall–Kier alpha value is -1.42. The zero-order chi connectivity index (χ0) is 11.5. The maximum atomic E-state index is 10.8. The van der Waals surface area contributed by atoms with Crippen LogP contribution in [0.15, 0.2) is 34.9 Å². The van der Waals surface area contributed by atoms with Gasteiger partial charge in [-0.3, -0.25) is 9.78 Å². The van der Waals surface area contributed by atoms with Gasteiger partial charge in [0.2, 0.25) is 0 Å². The average Bonchev–Trinajstić information content (AvgIpc) is 2.28. The van der Waals surface area contributed by atoms with E-state index >= 15 is 0 Å². The second kappa shape index (κ2) is 4.61. The largest absolute Gasteiger partial charge is 0.461 e. The summed E-state index contributed by atoms with van der Waals surface area (Å²) in [5.41, 5.74) is 1.77. The number of carbonyl (C=O) groups is 1. The van der Waals surface area contributed by atoms with Crippen LogP contribution in [0.4, 0.5) is 0 Å². The predicted molar refractivity (Wildman–Crippen MR) is 64.9 cm³/mol. The standard InChI is InChI=1S/C12H10BrNO2/c1-8(15)16-7-9-4-5-11(13)10-3-2-6-14-12(9)10/h2-6H,7H2,1H3. The zero-order valence-corrected chi connectivity index (χ0v) is 10.3.